The molecule has 5 nitrogen and oxygen atoms in total. The van der Waals surface area contributed by atoms with Crippen molar-refractivity contribution >= 4 is 32.8 Å². The van der Waals surface area contributed by atoms with E-state index in [1.54, 1.807) is 0 Å². The van der Waals surface area contributed by atoms with Crippen molar-refractivity contribution in [3.05, 3.63) is 218 Å². The van der Waals surface area contributed by atoms with Gasteiger partial charge in [0.1, 0.15) is 11.4 Å². The predicted octanol–water partition coefficient (Wildman–Crippen LogP) is 16.2. The summed E-state index contributed by atoms with van der Waals surface area (Å²) in [5, 5.41) is 3.21. The van der Waals surface area contributed by atoms with Gasteiger partial charge in [0.25, 0.3) is 0 Å². The molecule has 0 bridgehead atoms. The molecule has 6 heteroatoms. The smallest absolute Gasteiger partial charge is 0.134 e. The van der Waals surface area contributed by atoms with E-state index in [-0.39, 0.29) is 30.9 Å². The molecule has 335 valence electrons. The van der Waals surface area contributed by atoms with E-state index in [9.17, 15) is 0 Å². The van der Waals surface area contributed by atoms with Gasteiger partial charge >= 0.3 is 0 Å². The molecule has 0 aliphatic heterocycles. The van der Waals surface area contributed by atoms with Crippen molar-refractivity contribution in [1.82, 2.24) is 19.9 Å². The molecule has 0 atom stereocenters. The van der Waals surface area contributed by atoms with Gasteiger partial charge in [0, 0.05) is 48.1 Å². The molecule has 4 aromatic heterocycles. The fourth-order valence-corrected chi connectivity index (χ4v) is 8.32. The fraction of sp³-hybridized carbons (Fsp3) is 0.129. The van der Waals surface area contributed by atoms with Crippen molar-refractivity contribution in [3.8, 4) is 67.2 Å². The number of nitrogens with zero attached hydrogens (tertiary/aromatic N) is 4. The van der Waals surface area contributed by atoms with Gasteiger partial charge in [-0.05, 0) is 74.4 Å². The van der Waals surface area contributed by atoms with Gasteiger partial charge in [0.15, 0.2) is 0 Å². The van der Waals surface area contributed by atoms with Gasteiger partial charge in [-0.2, -0.15) is 0 Å². The molecular formula is C62H50IrN4O-2. The van der Waals surface area contributed by atoms with E-state index in [0.717, 1.165) is 83.7 Å². The van der Waals surface area contributed by atoms with Crippen molar-refractivity contribution in [3.63, 3.8) is 0 Å². The summed E-state index contributed by atoms with van der Waals surface area (Å²) in [5.74, 6) is 0.831. The quantitative estimate of drug-likeness (QED) is 0.155. The van der Waals surface area contributed by atoms with Crippen LogP contribution in [-0.2, 0) is 30.9 Å². The number of para-hydroxylation sites is 2. The van der Waals surface area contributed by atoms with Crippen LogP contribution in [0.1, 0.15) is 53.1 Å². The SMILES string of the molecule is CC(C)(C)c1cc(-c2cccc3c2oc2c(-c4ccc5ccccc5n4)[c-]ccc23)nc(C(C)(C)C)n1.[Ir].[c-]1ccccc1-c1cc(-c2ccc(-c3ccc(-c4ccccc4)cc3)cc2)ccn1. The maximum Gasteiger partial charge on any atom is 0.134 e. The van der Waals surface area contributed by atoms with E-state index in [4.69, 9.17) is 19.4 Å². The largest absolute Gasteiger partial charge is 0.500 e. The van der Waals surface area contributed by atoms with Crippen LogP contribution in [0.15, 0.2) is 199 Å². The molecule has 0 saturated heterocycles. The summed E-state index contributed by atoms with van der Waals surface area (Å²) in [7, 11) is 0. The van der Waals surface area contributed by atoms with Gasteiger partial charge in [-0.1, -0.05) is 180 Å². The van der Waals surface area contributed by atoms with Gasteiger partial charge in [-0.3, -0.25) is 4.98 Å². The summed E-state index contributed by atoms with van der Waals surface area (Å²) in [4.78, 5) is 19.4. The summed E-state index contributed by atoms with van der Waals surface area (Å²) in [6.07, 6.45) is 1.86. The van der Waals surface area contributed by atoms with Gasteiger partial charge in [0.05, 0.1) is 22.5 Å². The van der Waals surface area contributed by atoms with Crippen LogP contribution >= 0.6 is 0 Å². The van der Waals surface area contributed by atoms with Crippen LogP contribution in [0.4, 0.5) is 0 Å². The van der Waals surface area contributed by atoms with Crippen LogP contribution < -0.4 is 0 Å². The van der Waals surface area contributed by atoms with Gasteiger partial charge in [-0.25, -0.2) is 9.97 Å². The Morgan fingerprint density at radius 3 is 1.76 bits per heavy atom. The summed E-state index contributed by atoms with van der Waals surface area (Å²) in [5.41, 5.74) is 16.0. The summed E-state index contributed by atoms with van der Waals surface area (Å²) in [6, 6.07) is 71.4. The van der Waals surface area contributed by atoms with E-state index in [2.05, 4.69) is 186 Å². The van der Waals surface area contributed by atoms with E-state index in [1.807, 2.05) is 66.9 Å². The average molecular weight is 1060 g/mol. The Hall–Kier alpha value is -7.37. The first-order chi connectivity index (χ1) is 32.5. The molecular weight excluding hydrogens is 1010 g/mol. The second-order valence-corrected chi connectivity index (χ2v) is 19.0. The third kappa shape index (κ3) is 9.57. The van der Waals surface area contributed by atoms with Crippen molar-refractivity contribution in [1.29, 1.82) is 0 Å². The molecule has 0 aliphatic rings. The standard InChI is InChI=1S/C33H30N3O.C29H20N.Ir/c1-32(2,3)28-19-27(35-31(36-28)33(4,5)6)24-15-10-13-22-21-12-9-14-23(29(21)37-30(22)24)26-18-17-20-11-7-8-16-25(20)34-26;1-3-7-22(8-4-1)23-11-13-24(14-12-23)25-15-17-26(18-16-25)28-19-20-30-29(21-28)27-9-5-2-6-10-27;/h7-13,15-19H,1-6H3;1-9,11-21H;/q2*-1;. The third-order valence-electron chi connectivity index (χ3n) is 12.0. The summed E-state index contributed by atoms with van der Waals surface area (Å²) < 4.78 is 6.65. The number of rotatable bonds is 6. The molecule has 0 N–H and O–H groups in total. The zero-order chi connectivity index (χ0) is 46.1. The second-order valence-electron chi connectivity index (χ2n) is 19.0. The van der Waals surface area contributed by atoms with Crippen molar-refractivity contribution in [2.24, 2.45) is 0 Å². The van der Waals surface area contributed by atoms with Gasteiger partial charge in [0.2, 0.25) is 0 Å². The Morgan fingerprint density at radius 1 is 0.441 bits per heavy atom. The molecule has 0 aliphatic carbocycles. The molecule has 0 saturated carbocycles. The van der Waals surface area contributed by atoms with Crippen LogP contribution in [0, 0.1) is 12.1 Å². The molecule has 7 aromatic carbocycles. The van der Waals surface area contributed by atoms with E-state index in [0.29, 0.717) is 0 Å². The number of aromatic nitrogens is 4. The Morgan fingerprint density at radius 2 is 1.09 bits per heavy atom. The molecule has 68 heavy (non-hydrogen) atoms. The average Bonchev–Trinajstić information content (AvgIpc) is 3.76. The monoisotopic (exact) mass is 1060 g/mol. The van der Waals surface area contributed by atoms with E-state index < -0.39 is 0 Å². The van der Waals surface area contributed by atoms with Crippen LogP contribution in [0.2, 0.25) is 0 Å². The molecule has 11 aromatic rings. The maximum atomic E-state index is 6.65. The first-order valence-corrected chi connectivity index (χ1v) is 22.8. The topological polar surface area (TPSA) is 64.7 Å². The molecule has 0 spiro atoms. The summed E-state index contributed by atoms with van der Waals surface area (Å²) in [6.45, 7) is 13.0. The Labute approximate surface area is 412 Å². The first-order valence-electron chi connectivity index (χ1n) is 22.8. The van der Waals surface area contributed by atoms with Gasteiger partial charge < -0.3 is 9.40 Å². The third-order valence-corrected chi connectivity index (χ3v) is 12.0. The molecule has 4 heterocycles. The summed E-state index contributed by atoms with van der Waals surface area (Å²) >= 11 is 0. The molecule has 0 amide bonds. The van der Waals surface area contributed by atoms with Gasteiger partial charge in [-0.15, -0.1) is 54.1 Å². The first kappa shape index (κ1) is 45.8. The Kier molecular flexibility index (Phi) is 12.8. The second kappa shape index (κ2) is 19.1. The number of hydrogen-bond acceptors (Lipinski definition) is 5. The number of furan rings is 1. The number of benzene rings is 7. The molecule has 1 radical (unpaired) electrons. The number of hydrogen-bond donors (Lipinski definition) is 0. The van der Waals surface area contributed by atoms with Crippen LogP contribution in [-0.4, -0.2) is 19.9 Å². The van der Waals surface area contributed by atoms with Crippen molar-refractivity contribution < 1.29 is 24.5 Å². The zero-order valence-corrected chi connectivity index (χ0v) is 41.4. The number of fused-ring (bicyclic) bond motifs is 4. The van der Waals surface area contributed by atoms with Crippen LogP contribution in [0.3, 0.4) is 0 Å². The predicted molar refractivity (Wildman–Crippen MR) is 277 cm³/mol. The molecule has 11 rings (SSSR count). The zero-order valence-electron chi connectivity index (χ0n) is 39.0. The Balaban J connectivity index is 0.000000171. The minimum absolute atomic E-state index is 0. The molecule has 0 fully saturated rings. The maximum absolute atomic E-state index is 6.65. The molecule has 0 unspecified atom stereocenters. The minimum Gasteiger partial charge on any atom is -0.500 e. The fourth-order valence-electron chi connectivity index (χ4n) is 8.32. The van der Waals surface area contributed by atoms with Crippen molar-refractivity contribution in [2.75, 3.05) is 0 Å². The minimum atomic E-state index is -0.179. The van der Waals surface area contributed by atoms with E-state index in [1.165, 1.54) is 27.8 Å². The number of pyridine rings is 2. The van der Waals surface area contributed by atoms with Crippen LogP contribution in [0.5, 0.6) is 0 Å². The normalized spacial score (nSPS) is 11.6. The van der Waals surface area contributed by atoms with E-state index >= 15 is 0 Å². The van der Waals surface area contributed by atoms with Crippen LogP contribution in [0.25, 0.3) is 100.0 Å². The Bertz CT molecular complexity index is 3480. The van der Waals surface area contributed by atoms with Crippen molar-refractivity contribution in [2.45, 2.75) is 52.4 Å².